The van der Waals surface area contributed by atoms with E-state index in [1.807, 2.05) is 45.0 Å². The average Bonchev–Trinajstić information content (AvgIpc) is 2.65. The molecule has 1 aromatic rings. The van der Waals surface area contributed by atoms with Gasteiger partial charge in [-0.2, -0.15) is 0 Å². The summed E-state index contributed by atoms with van der Waals surface area (Å²) in [5.74, 6) is -0.725. The average molecular weight is 252 g/mol. The lowest BCUT2D eigenvalue weighted by Gasteiger charge is -2.22. The number of ether oxygens (including phenoxy) is 3. The molecule has 4 nitrogen and oxygen atoms in total. The molecule has 2 rings (SSSR count). The van der Waals surface area contributed by atoms with Crippen molar-refractivity contribution in [3.63, 3.8) is 0 Å². The van der Waals surface area contributed by atoms with Crippen LogP contribution in [0.4, 0.5) is 0 Å². The van der Waals surface area contributed by atoms with E-state index in [1.54, 1.807) is 0 Å². The van der Waals surface area contributed by atoms with Gasteiger partial charge in [0.1, 0.15) is 12.2 Å². The Labute approximate surface area is 107 Å². The molecule has 100 valence electrons. The molecule has 3 unspecified atom stereocenters. The summed E-state index contributed by atoms with van der Waals surface area (Å²) in [6, 6.07) is 7.93. The molecule has 0 amide bonds. The number of aryl methyl sites for hydroxylation is 1. The minimum atomic E-state index is -1.00. The Bertz CT molecular complexity index is 416. The highest BCUT2D eigenvalue weighted by molar-refractivity contribution is 5.29. The fourth-order valence-electron chi connectivity index (χ4n) is 2.28. The minimum absolute atomic E-state index is 0.323. The first kappa shape index (κ1) is 13.5. The molecule has 1 heterocycles. The van der Waals surface area contributed by atoms with Crippen molar-refractivity contribution < 1.29 is 19.3 Å². The Kier molecular flexibility index (Phi) is 3.73. The number of benzene rings is 1. The van der Waals surface area contributed by atoms with Gasteiger partial charge in [-0.05, 0) is 31.9 Å². The van der Waals surface area contributed by atoms with E-state index < -0.39 is 18.2 Å². The van der Waals surface area contributed by atoms with Crippen LogP contribution in [0.15, 0.2) is 24.3 Å². The minimum Gasteiger partial charge on any atom is -0.366 e. The second kappa shape index (κ2) is 4.97. The molecule has 4 heteroatoms. The van der Waals surface area contributed by atoms with Gasteiger partial charge < -0.3 is 19.3 Å². The molecule has 0 saturated carbocycles. The van der Waals surface area contributed by atoms with Gasteiger partial charge in [-0.3, -0.25) is 0 Å². The van der Waals surface area contributed by atoms with E-state index in [9.17, 15) is 5.11 Å². The summed E-state index contributed by atoms with van der Waals surface area (Å²) in [6.07, 6.45) is -1.85. The molecule has 1 aromatic carbocycles. The van der Waals surface area contributed by atoms with Crippen LogP contribution >= 0.6 is 0 Å². The van der Waals surface area contributed by atoms with Gasteiger partial charge in [0.2, 0.25) is 0 Å². The van der Waals surface area contributed by atoms with Gasteiger partial charge in [0.05, 0.1) is 0 Å². The Morgan fingerprint density at radius 3 is 2.56 bits per heavy atom. The number of aliphatic hydroxyl groups excluding tert-OH is 1. The predicted octanol–water partition coefficient (Wildman–Crippen LogP) is 2.15. The number of rotatable bonds is 3. The maximum Gasteiger partial charge on any atom is 0.183 e. The van der Waals surface area contributed by atoms with E-state index in [-0.39, 0.29) is 6.10 Å². The van der Waals surface area contributed by atoms with Gasteiger partial charge in [0.25, 0.3) is 0 Å². The van der Waals surface area contributed by atoms with Gasteiger partial charge >= 0.3 is 0 Å². The van der Waals surface area contributed by atoms with Crippen LogP contribution < -0.4 is 0 Å². The molecular formula is C14H20O4. The molecule has 18 heavy (non-hydrogen) atoms. The van der Waals surface area contributed by atoms with Crippen molar-refractivity contribution in [1.82, 2.24) is 0 Å². The van der Waals surface area contributed by atoms with Crippen molar-refractivity contribution in [3.05, 3.63) is 35.4 Å². The van der Waals surface area contributed by atoms with E-state index in [2.05, 4.69) is 0 Å². The van der Waals surface area contributed by atoms with Crippen molar-refractivity contribution in [2.45, 2.75) is 45.1 Å². The zero-order valence-corrected chi connectivity index (χ0v) is 11.2. The molecule has 0 radical (unpaired) electrons. The van der Waals surface area contributed by atoms with E-state index in [4.69, 9.17) is 14.2 Å². The van der Waals surface area contributed by atoms with Crippen molar-refractivity contribution in [2.75, 3.05) is 7.11 Å². The summed E-state index contributed by atoms with van der Waals surface area (Å²) in [5, 5.41) is 9.89. The third kappa shape index (κ3) is 2.57. The third-order valence-electron chi connectivity index (χ3n) is 3.15. The maximum absolute atomic E-state index is 9.89. The van der Waals surface area contributed by atoms with E-state index >= 15 is 0 Å². The van der Waals surface area contributed by atoms with Crippen LogP contribution in [-0.4, -0.2) is 30.4 Å². The topological polar surface area (TPSA) is 47.9 Å². The van der Waals surface area contributed by atoms with E-state index in [1.165, 1.54) is 7.11 Å². The first-order valence-corrected chi connectivity index (χ1v) is 6.06. The van der Waals surface area contributed by atoms with Crippen LogP contribution in [0, 0.1) is 6.92 Å². The summed E-state index contributed by atoms with van der Waals surface area (Å²) < 4.78 is 16.6. The third-order valence-corrected chi connectivity index (χ3v) is 3.15. The van der Waals surface area contributed by atoms with Crippen molar-refractivity contribution in [3.8, 4) is 0 Å². The molecule has 1 N–H and O–H groups in total. The summed E-state index contributed by atoms with van der Waals surface area (Å²) >= 11 is 0. The summed E-state index contributed by atoms with van der Waals surface area (Å²) in [6.45, 7) is 5.68. The van der Waals surface area contributed by atoms with Gasteiger partial charge in [0.15, 0.2) is 12.1 Å². The number of methoxy groups -OCH3 is 1. The first-order valence-electron chi connectivity index (χ1n) is 6.06. The SMILES string of the molecule is COC(O)C1OC(C)(C)OC1c1ccccc1C. The predicted molar refractivity (Wildman–Crippen MR) is 67.0 cm³/mol. The highest BCUT2D eigenvalue weighted by Gasteiger charge is 2.46. The normalized spacial score (nSPS) is 28.3. The van der Waals surface area contributed by atoms with E-state index in [0.29, 0.717) is 0 Å². The van der Waals surface area contributed by atoms with Gasteiger partial charge in [-0.25, -0.2) is 0 Å². The standard InChI is InChI=1S/C14H20O4/c1-9-7-5-6-8-10(9)11-12(13(15)16-4)18-14(2,3)17-11/h5-8,11-13,15H,1-4H3. The molecule has 0 bridgehead atoms. The number of aliphatic hydroxyl groups is 1. The second-order valence-electron chi connectivity index (χ2n) is 5.00. The van der Waals surface area contributed by atoms with Crippen molar-refractivity contribution >= 4 is 0 Å². The van der Waals surface area contributed by atoms with Crippen LogP contribution in [0.3, 0.4) is 0 Å². The number of hydrogen-bond acceptors (Lipinski definition) is 4. The Hall–Kier alpha value is -0.940. The maximum atomic E-state index is 9.89. The zero-order valence-electron chi connectivity index (χ0n) is 11.2. The van der Waals surface area contributed by atoms with Crippen LogP contribution in [0.25, 0.3) is 0 Å². The van der Waals surface area contributed by atoms with E-state index in [0.717, 1.165) is 11.1 Å². The lowest BCUT2D eigenvalue weighted by Crippen LogP contribution is -2.33. The fraction of sp³-hybridized carbons (Fsp3) is 0.571. The summed E-state index contributed by atoms with van der Waals surface area (Å²) in [5.41, 5.74) is 2.13. The zero-order chi connectivity index (χ0) is 13.3. The Balaban J connectivity index is 2.32. The second-order valence-corrected chi connectivity index (χ2v) is 5.00. The lowest BCUT2D eigenvalue weighted by atomic mass is 9.99. The molecule has 0 aliphatic carbocycles. The number of hydrogen-bond donors (Lipinski definition) is 1. The molecule has 1 fully saturated rings. The van der Waals surface area contributed by atoms with Crippen molar-refractivity contribution in [2.24, 2.45) is 0 Å². The molecule has 1 saturated heterocycles. The highest BCUT2D eigenvalue weighted by atomic mass is 16.8. The Morgan fingerprint density at radius 2 is 1.94 bits per heavy atom. The molecular weight excluding hydrogens is 232 g/mol. The van der Waals surface area contributed by atoms with Gasteiger partial charge in [-0.1, -0.05) is 24.3 Å². The largest absolute Gasteiger partial charge is 0.366 e. The van der Waals surface area contributed by atoms with Crippen LogP contribution in [0.5, 0.6) is 0 Å². The van der Waals surface area contributed by atoms with Crippen molar-refractivity contribution in [1.29, 1.82) is 0 Å². The highest BCUT2D eigenvalue weighted by Crippen LogP contribution is 2.40. The lowest BCUT2D eigenvalue weighted by molar-refractivity contribution is -0.191. The smallest absolute Gasteiger partial charge is 0.183 e. The van der Waals surface area contributed by atoms with Gasteiger partial charge in [0, 0.05) is 7.11 Å². The quantitative estimate of drug-likeness (QED) is 0.837. The molecule has 3 atom stereocenters. The van der Waals surface area contributed by atoms with Crippen LogP contribution in [0.2, 0.25) is 0 Å². The first-order chi connectivity index (χ1) is 8.44. The summed E-state index contributed by atoms with van der Waals surface area (Å²) in [7, 11) is 1.45. The molecule has 1 aliphatic heterocycles. The summed E-state index contributed by atoms with van der Waals surface area (Å²) in [4.78, 5) is 0. The van der Waals surface area contributed by atoms with Crippen LogP contribution in [0.1, 0.15) is 31.1 Å². The van der Waals surface area contributed by atoms with Gasteiger partial charge in [-0.15, -0.1) is 0 Å². The fourth-order valence-corrected chi connectivity index (χ4v) is 2.28. The molecule has 1 aliphatic rings. The monoisotopic (exact) mass is 252 g/mol. The molecule has 0 spiro atoms. The Morgan fingerprint density at radius 1 is 1.28 bits per heavy atom. The molecule has 0 aromatic heterocycles. The van der Waals surface area contributed by atoms with Crippen LogP contribution in [-0.2, 0) is 14.2 Å².